The Morgan fingerprint density at radius 2 is 2.27 bits per heavy atom. The largest absolute Gasteiger partial charge is 0.227 e. The Hall–Kier alpha value is -0.560. The third-order valence-corrected chi connectivity index (χ3v) is 4.31. The van der Waals surface area contributed by atoms with Gasteiger partial charge in [0.2, 0.25) is 0 Å². The van der Waals surface area contributed by atoms with E-state index >= 15 is 0 Å². The zero-order valence-electron chi connectivity index (χ0n) is 6.66. The lowest BCUT2D eigenvalue weighted by atomic mass is 10.3. The number of rotatable bonds is 2. The average molecular weight is 173 g/mol. The van der Waals surface area contributed by atoms with Gasteiger partial charge in [0.1, 0.15) is 0 Å². The van der Waals surface area contributed by atoms with Crippen molar-refractivity contribution in [2.24, 2.45) is 5.92 Å². The van der Waals surface area contributed by atoms with Crippen molar-refractivity contribution in [3.8, 4) is 6.07 Å². The maximum absolute atomic E-state index is 11.1. The van der Waals surface area contributed by atoms with Crippen molar-refractivity contribution in [1.82, 2.24) is 0 Å². The van der Waals surface area contributed by atoms with Crippen molar-refractivity contribution in [3.05, 3.63) is 0 Å². The summed E-state index contributed by atoms with van der Waals surface area (Å²) in [4.78, 5) is 0. The van der Waals surface area contributed by atoms with Gasteiger partial charge in [0, 0.05) is 6.26 Å². The molecule has 1 saturated carbocycles. The first-order chi connectivity index (χ1) is 4.98. The third kappa shape index (κ3) is 1.04. The lowest BCUT2D eigenvalue weighted by Gasteiger charge is -2.02. The molecule has 62 valence electrons. The van der Waals surface area contributed by atoms with Crippen LogP contribution >= 0.6 is 0 Å². The summed E-state index contributed by atoms with van der Waals surface area (Å²) in [6.07, 6.45) is 2.45. The second-order valence-corrected chi connectivity index (χ2v) is 5.36. The molecule has 0 saturated heterocycles. The van der Waals surface area contributed by atoms with Crippen LogP contribution in [0, 0.1) is 17.2 Å². The maximum Gasteiger partial charge on any atom is 0.166 e. The van der Waals surface area contributed by atoms with Crippen LogP contribution in [0.2, 0.25) is 0 Å². The van der Waals surface area contributed by atoms with Crippen LogP contribution in [-0.2, 0) is 9.84 Å². The van der Waals surface area contributed by atoms with Gasteiger partial charge in [0.25, 0.3) is 0 Å². The molecule has 0 radical (unpaired) electrons. The summed E-state index contributed by atoms with van der Waals surface area (Å²) < 4.78 is 21.2. The van der Waals surface area contributed by atoms with E-state index in [1.807, 2.05) is 13.0 Å². The first kappa shape index (κ1) is 8.54. The Kier molecular flexibility index (Phi) is 1.72. The van der Waals surface area contributed by atoms with Gasteiger partial charge in [0.05, 0.1) is 6.07 Å². The van der Waals surface area contributed by atoms with Crippen molar-refractivity contribution < 1.29 is 8.42 Å². The minimum Gasteiger partial charge on any atom is -0.227 e. The van der Waals surface area contributed by atoms with Gasteiger partial charge in [-0.3, -0.25) is 0 Å². The predicted octanol–water partition coefficient (Wildman–Crippen LogP) is 0.723. The summed E-state index contributed by atoms with van der Waals surface area (Å²) >= 11 is 0. The molecule has 0 aromatic carbocycles. The molecule has 0 N–H and O–H groups in total. The third-order valence-electron chi connectivity index (χ3n) is 2.39. The fourth-order valence-electron chi connectivity index (χ4n) is 1.46. The SMILES string of the molecule is CCC1CC1(C#N)S(C)(=O)=O. The van der Waals surface area contributed by atoms with E-state index in [1.165, 1.54) is 0 Å². The molecule has 1 aliphatic carbocycles. The number of sulfone groups is 1. The topological polar surface area (TPSA) is 57.9 Å². The van der Waals surface area contributed by atoms with Gasteiger partial charge >= 0.3 is 0 Å². The second-order valence-electron chi connectivity index (χ2n) is 3.08. The lowest BCUT2D eigenvalue weighted by Crippen LogP contribution is -2.21. The number of nitrogens with zero attached hydrogens (tertiary/aromatic N) is 1. The van der Waals surface area contributed by atoms with Crippen molar-refractivity contribution in [3.63, 3.8) is 0 Å². The molecule has 0 aliphatic heterocycles. The van der Waals surface area contributed by atoms with E-state index in [2.05, 4.69) is 0 Å². The van der Waals surface area contributed by atoms with Crippen LogP contribution in [0.15, 0.2) is 0 Å². The molecule has 0 aromatic heterocycles. The van der Waals surface area contributed by atoms with Crippen molar-refractivity contribution in [2.75, 3.05) is 6.26 Å². The average Bonchev–Trinajstić information content (AvgIpc) is 2.60. The zero-order chi connectivity index (χ0) is 8.70. The molecule has 0 spiro atoms. The van der Waals surface area contributed by atoms with Crippen LogP contribution in [0.1, 0.15) is 19.8 Å². The molecule has 0 bridgehead atoms. The Morgan fingerprint density at radius 1 is 1.73 bits per heavy atom. The molecule has 2 atom stereocenters. The molecule has 3 nitrogen and oxygen atoms in total. The summed E-state index contributed by atoms with van der Waals surface area (Å²) in [6, 6.07) is 1.91. The summed E-state index contributed by atoms with van der Waals surface area (Å²) in [5.74, 6) is 0.0718. The van der Waals surface area contributed by atoms with Gasteiger partial charge < -0.3 is 0 Å². The standard InChI is InChI=1S/C7H11NO2S/c1-3-6-4-7(6,5-8)11(2,9)10/h6H,3-4H2,1-2H3. The molecule has 1 rings (SSSR count). The molecule has 4 heteroatoms. The van der Waals surface area contributed by atoms with Crippen LogP contribution in [0.4, 0.5) is 0 Å². The Bertz CT molecular complexity index is 301. The van der Waals surface area contributed by atoms with Crippen LogP contribution in [-0.4, -0.2) is 19.4 Å². The highest BCUT2D eigenvalue weighted by Gasteiger charge is 2.61. The highest BCUT2D eigenvalue weighted by Crippen LogP contribution is 2.51. The van der Waals surface area contributed by atoms with E-state index in [4.69, 9.17) is 5.26 Å². The van der Waals surface area contributed by atoms with Crippen LogP contribution in [0.3, 0.4) is 0 Å². The molecule has 0 heterocycles. The minimum atomic E-state index is -3.16. The normalized spacial score (nSPS) is 36.3. The van der Waals surface area contributed by atoms with Crippen LogP contribution in [0.25, 0.3) is 0 Å². The van der Waals surface area contributed by atoms with E-state index in [1.54, 1.807) is 0 Å². The second kappa shape index (κ2) is 2.21. The van der Waals surface area contributed by atoms with E-state index in [0.717, 1.165) is 12.7 Å². The number of nitriles is 1. The first-order valence-electron chi connectivity index (χ1n) is 3.59. The van der Waals surface area contributed by atoms with Crippen molar-refractivity contribution in [2.45, 2.75) is 24.5 Å². The lowest BCUT2D eigenvalue weighted by molar-refractivity contribution is 0.587. The summed E-state index contributed by atoms with van der Waals surface area (Å²) in [6.45, 7) is 1.91. The van der Waals surface area contributed by atoms with Crippen molar-refractivity contribution >= 4 is 9.84 Å². The number of hydrogen-bond acceptors (Lipinski definition) is 3. The molecule has 1 aliphatic rings. The quantitative estimate of drug-likeness (QED) is 0.618. The molecular formula is C7H11NO2S. The van der Waals surface area contributed by atoms with E-state index in [-0.39, 0.29) is 5.92 Å². The van der Waals surface area contributed by atoms with Gasteiger partial charge in [-0.2, -0.15) is 5.26 Å². The predicted molar refractivity (Wildman–Crippen MR) is 41.6 cm³/mol. The fourth-order valence-corrected chi connectivity index (χ4v) is 2.90. The van der Waals surface area contributed by atoms with Gasteiger partial charge in [-0.15, -0.1) is 0 Å². The first-order valence-corrected chi connectivity index (χ1v) is 5.48. The smallest absolute Gasteiger partial charge is 0.166 e. The van der Waals surface area contributed by atoms with Gasteiger partial charge in [-0.05, 0) is 12.3 Å². The van der Waals surface area contributed by atoms with Crippen LogP contribution < -0.4 is 0 Å². The summed E-state index contributed by atoms with van der Waals surface area (Å²) in [5, 5.41) is 8.66. The van der Waals surface area contributed by atoms with E-state index in [9.17, 15) is 8.42 Å². The van der Waals surface area contributed by atoms with Gasteiger partial charge in [-0.25, -0.2) is 8.42 Å². The van der Waals surface area contributed by atoms with Crippen LogP contribution in [0.5, 0.6) is 0 Å². The van der Waals surface area contributed by atoms with Gasteiger partial charge in [0.15, 0.2) is 14.6 Å². The number of hydrogen-bond donors (Lipinski definition) is 0. The van der Waals surface area contributed by atoms with Crippen molar-refractivity contribution in [1.29, 1.82) is 5.26 Å². The highest BCUT2D eigenvalue weighted by atomic mass is 32.2. The highest BCUT2D eigenvalue weighted by molar-refractivity contribution is 7.92. The molecule has 0 amide bonds. The summed E-state index contributed by atoms with van der Waals surface area (Å²) in [5.41, 5.74) is 0. The Labute approximate surface area is 66.9 Å². The summed E-state index contributed by atoms with van der Waals surface area (Å²) in [7, 11) is -3.16. The van der Waals surface area contributed by atoms with E-state index < -0.39 is 14.6 Å². The fraction of sp³-hybridized carbons (Fsp3) is 0.857. The molecular weight excluding hydrogens is 162 g/mol. The Morgan fingerprint density at radius 3 is 2.36 bits per heavy atom. The van der Waals surface area contributed by atoms with E-state index in [0.29, 0.717) is 6.42 Å². The minimum absolute atomic E-state index is 0.0718. The molecule has 11 heavy (non-hydrogen) atoms. The molecule has 1 fully saturated rings. The monoisotopic (exact) mass is 173 g/mol. The Balaban J connectivity index is 2.96. The molecule has 0 aromatic rings. The molecule has 2 unspecified atom stereocenters. The maximum atomic E-state index is 11.1. The van der Waals surface area contributed by atoms with Gasteiger partial charge in [-0.1, -0.05) is 13.3 Å². The zero-order valence-corrected chi connectivity index (χ0v) is 7.48.